The second kappa shape index (κ2) is 8.21. The number of amides is 1. The maximum atomic E-state index is 12.4. The minimum Gasteiger partial charge on any atom is -0.433 e. The molecule has 0 aliphatic heterocycles. The Morgan fingerprint density at radius 1 is 1.22 bits per heavy atom. The summed E-state index contributed by atoms with van der Waals surface area (Å²) in [6.07, 6.45) is 0. The number of benzene rings is 2. The average Bonchev–Trinajstić information content (AvgIpc) is 3.07. The zero-order valence-electron chi connectivity index (χ0n) is 14.3. The van der Waals surface area contributed by atoms with E-state index >= 15 is 0 Å². The number of carbonyl (C=O) groups excluding carboxylic acids is 1. The van der Waals surface area contributed by atoms with Gasteiger partial charge >= 0.3 is 6.61 Å². The third-order valence-electron chi connectivity index (χ3n) is 3.55. The van der Waals surface area contributed by atoms with Crippen LogP contribution in [0.25, 0.3) is 5.69 Å². The zero-order chi connectivity index (χ0) is 19.2. The highest BCUT2D eigenvalue weighted by Gasteiger charge is 2.11. The van der Waals surface area contributed by atoms with Crippen LogP contribution in [0.15, 0.2) is 48.5 Å². The first kappa shape index (κ1) is 18.2. The molecule has 0 saturated heterocycles. The smallest absolute Gasteiger partial charge is 0.387 e. The molecule has 0 unspecified atom stereocenters. The quantitative estimate of drug-likeness (QED) is 0.660. The maximum Gasteiger partial charge on any atom is 0.387 e. The van der Waals surface area contributed by atoms with Crippen molar-refractivity contribution in [2.45, 2.75) is 13.5 Å². The molecule has 0 radical (unpaired) electrons. The van der Waals surface area contributed by atoms with Gasteiger partial charge in [-0.25, -0.2) is 0 Å². The van der Waals surface area contributed by atoms with Crippen LogP contribution in [0, 0.1) is 6.92 Å². The molecular formula is C17H16F2N6O2. The maximum absolute atomic E-state index is 12.4. The van der Waals surface area contributed by atoms with Crippen LogP contribution in [0.5, 0.6) is 5.75 Å². The predicted molar refractivity (Wildman–Crippen MR) is 94.1 cm³/mol. The molecule has 2 aromatic carbocycles. The van der Waals surface area contributed by atoms with Crippen molar-refractivity contribution in [3.8, 4) is 11.4 Å². The SMILES string of the molecule is Cc1nnnn1-c1cccc(NCC(=O)Nc2ccccc2OC(F)F)c1. The molecule has 0 aliphatic carbocycles. The number of nitrogens with one attached hydrogen (secondary N) is 2. The van der Waals surface area contributed by atoms with Crippen molar-refractivity contribution < 1.29 is 18.3 Å². The van der Waals surface area contributed by atoms with Gasteiger partial charge < -0.3 is 15.4 Å². The number of anilines is 2. The van der Waals surface area contributed by atoms with Crippen molar-refractivity contribution >= 4 is 17.3 Å². The van der Waals surface area contributed by atoms with Crippen molar-refractivity contribution in [2.24, 2.45) is 0 Å². The summed E-state index contributed by atoms with van der Waals surface area (Å²) in [6, 6.07) is 13.2. The molecule has 0 saturated carbocycles. The van der Waals surface area contributed by atoms with Crippen molar-refractivity contribution in [1.29, 1.82) is 0 Å². The van der Waals surface area contributed by atoms with Gasteiger partial charge in [0, 0.05) is 5.69 Å². The second-order valence-electron chi connectivity index (χ2n) is 5.46. The van der Waals surface area contributed by atoms with E-state index in [4.69, 9.17) is 0 Å². The number of aryl methyl sites for hydroxylation is 1. The van der Waals surface area contributed by atoms with Gasteiger partial charge in [-0.15, -0.1) is 5.10 Å². The number of hydrogen-bond donors (Lipinski definition) is 2. The minimum atomic E-state index is -2.97. The highest BCUT2D eigenvalue weighted by Crippen LogP contribution is 2.25. The number of ether oxygens (including phenoxy) is 1. The van der Waals surface area contributed by atoms with Gasteiger partial charge in [-0.3, -0.25) is 4.79 Å². The molecule has 1 amide bonds. The summed E-state index contributed by atoms with van der Waals surface area (Å²) in [7, 11) is 0. The number of hydrogen-bond acceptors (Lipinski definition) is 6. The van der Waals surface area contributed by atoms with E-state index in [0.29, 0.717) is 11.5 Å². The Hall–Kier alpha value is -3.56. The molecule has 0 atom stereocenters. The molecule has 1 heterocycles. The molecule has 1 aromatic heterocycles. The van der Waals surface area contributed by atoms with Gasteiger partial charge in [0.25, 0.3) is 0 Å². The van der Waals surface area contributed by atoms with Gasteiger partial charge in [-0.2, -0.15) is 13.5 Å². The molecule has 27 heavy (non-hydrogen) atoms. The summed E-state index contributed by atoms with van der Waals surface area (Å²) < 4.78 is 30.8. The van der Waals surface area contributed by atoms with Gasteiger partial charge in [0.05, 0.1) is 17.9 Å². The average molecular weight is 374 g/mol. The highest BCUT2D eigenvalue weighted by atomic mass is 19.3. The van der Waals surface area contributed by atoms with Crippen molar-refractivity contribution in [2.75, 3.05) is 17.2 Å². The van der Waals surface area contributed by atoms with Crippen LogP contribution in [-0.2, 0) is 4.79 Å². The Morgan fingerprint density at radius 3 is 2.78 bits per heavy atom. The number of aromatic nitrogens is 4. The van der Waals surface area contributed by atoms with Gasteiger partial charge in [0.1, 0.15) is 5.75 Å². The fraction of sp³-hybridized carbons (Fsp3) is 0.176. The van der Waals surface area contributed by atoms with Gasteiger partial charge in [0.15, 0.2) is 5.82 Å². The Labute approximate surface area is 153 Å². The fourth-order valence-electron chi connectivity index (χ4n) is 2.36. The summed E-state index contributed by atoms with van der Waals surface area (Å²) in [4.78, 5) is 12.1. The largest absolute Gasteiger partial charge is 0.433 e. The van der Waals surface area contributed by atoms with E-state index in [1.807, 2.05) is 6.07 Å². The summed E-state index contributed by atoms with van der Waals surface area (Å²) in [5, 5.41) is 16.8. The third-order valence-corrected chi connectivity index (χ3v) is 3.55. The molecule has 0 aliphatic rings. The number of rotatable bonds is 7. The molecule has 0 spiro atoms. The van der Waals surface area contributed by atoms with E-state index < -0.39 is 12.5 Å². The van der Waals surface area contributed by atoms with E-state index in [2.05, 4.69) is 30.9 Å². The van der Waals surface area contributed by atoms with E-state index in [1.54, 1.807) is 35.9 Å². The van der Waals surface area contributed by atoms with Crippen LogP contribution in [-0.4, -0.2) is 39.3 Å². The van der Waals surface area contributed by atoms with Crippen LogP contribution in [0.3, 0.4) is 0 Å². The Bertz CT molecular complexity index is 931. The minimum absolute atomic E-state index is 0.0684. The number of para-hydroxylation sites is 2. The summed E-state index contributed by atoms with van der Waals surface area (Å²) in [5.74, 6) is 0.113. The Balaban J connectivity index is 1.63. The monoisotopic (exact) mass is 374 g/mol. The first-order valence-corrected chi connectivity index (χ1v) is 7.96. The lowest BCUT2D eigenvalue weighted by molar-refractivity contribution is -0.114. The molecule has 3 rings (SSSR count). The Kier molecular flexibility index (Phi) is 5.55. The van der Waals surface area contributed by atoms with Crippen LogP contribution in [0.4, 0.5) is 20.2 Å². The number of tetrazole rings is 1. The number of carbonyl (C=O) groups is 1. The molecule has 3 aromatic rings. The highest BCUT2D eigenvalue weighted by molar-refractivity contribution is 5.95. The zero-order valence-corrected chi connectivity index (χ0v) is 14.3. The van der Waals surface area contributed by atoms with Gasteiger partial charge in [0.2, 0.25) is 5.91 Å². The molecule has 140 valence electrons. The molecule has 0 fully saturated rings. The summed E-state index contributed by atoms with van der Waals surface area (Å²) >= 11 is 0. The second-order valence-corrected chi connectivity index (χ2v) is 5.46. The summed E-state index contributed by atoms with van der Waals surface area (Å²) in [6.45, 7) is -1.27. The lowest BCUT2D eigenvalue weighted by Crippen LogP contribution is -2.22. The van der Waals surface area contributed by atoms with Gasteiger partial charge in [-0.05, 0) is 47.7 Å². The van der Waals surface area contributed by atoms with Crippen molar-refractivity contribution in [3.63, 3.8) is 0 Å². The number of nitrogens with zero attached hydrogens (tertiary/aromatic N) is 4. The topological polar surface area (TPSA) is 94.0 Å². The summed E-state index contributed by atoms with van der Waals surface area (Å²) in [5.41, 5.74) is 1.58. The van der Waals surface area contributed by atoms with Crippen LogP contribution >= 0.6 is 0 Å². The molecule has 8 nitrogen and oxygen atoms in total. The van der Waals surface area contributed by atoms with Crippen molar-refractivity contribution in [3.05, 3.63) is 54.4 Å². The first-order valence-electron chi connectivity index (χ1n) is 7.96. The van der Waals surface area contributed by atoms with Crippen LogP contribution in [0.1, 0.15) is 5.82 Å². The fourth-order valence-corrected chi connectivity index (χ4v) is 2.36. The standard InChI is InChI=1S/C17H16F2N6O2/c1-11-22-23-24-25(11)13-6-4-5-12(9-13)20-10-16(26)21-14-7-2-3-8-15(14)27-17(18)19/h2-9,17,20H,10H2,1H3,(H,21,26). The van der Waals surface area contributed by atoms with E-state index in [9.17, 15) is 13.6 Å². The normalized spacial score (nSPS) is 10.7. The Morgan fingerprint density at radius 2 is 2.04 bits per heavy atom. The van der Waals surface area contributed by atoms with Crippen molar-refractivity contribution in [1.82, 2.24) is 20.2 Å². The number of alkyl halides is 2. The van der Waals surface area contributed by atoms with Gasteiger partial charge in [-0.1, -0.05) is 18.2 Å². The van der Waals surface area contributed by atoms with Crippen LogP contribution in [0.2, 0.25) is 0 Å². The first-order chi connectivity index (χ1) is 13.0. The third kappa shape index (κ3) is 4.75. The molecule has 10 heteroatoms. The molecular weight excluding hydrogens is 358 g/mol. The lowest BCUT2D eigenvalue weighted by Gasteiger charge is -2.12. The van der Waals surface area contributed by atoms with Crippen LogP contribution < -0.4 is 15.4 Å². The lowest BCUT2D eigenvalue weighted by atomic mass is 10.2. The van der Waals surface area contributed by atoms with E-state index in [-0.39, 0.29) is 18.0 Å². The predicted octanol–water partition coefficient (Wildman–Crippen LogP) is 2.62. The number of halogens is 2. The molecule has 0 bridgehead atoms. The molecule has 2 N–H and O–H groups in total. The van der Waals surface area contributed by atoms with E-state index in [0.717, 1.165) is 5.69 Å². The van der Waals surface area contributed by atoms with E-state index in [1.165, 1.54) is 18.2 Å².